The fourth-order valence-corrected chi connectivity index (χ4v) is 4.37. The van der Waals surface area contributed by atoms with Gasteiger partial charge in [-0.15, -0.1) is 0 Å². The SMILES string of the molecule is NC1CCCC1CNS(=O)(=O)c1cccc2ccccc12. The van der Waals surface area contributed by atoms with Crippen molar-refractivity contribution < 1.29 is 8.42 Å². The minimum absolute atomic E-state index is 0.111. The van der Waals surface area contributed by atoms with Crippen LogP contribution >= 0.6 is 0 Å². The largest absolute Gasteiger partial charge is 0.327 e. The van der Waals surface area contributed by atoms with Gasteiger partial charge in [-0.1, -0.05) is 42.8 Å². The third-order valence-corrected chi connectivity index (χ3v) is 5.77. The monoisotopic (exact) mass is 304 g/mol. The molecule has 1 fully saturated rings. The summed E-state index contributed by atoms with van der Waals surface area (Å²) in [5, 5.41) is 1.68. The van der Waals surface area contributed by atoms with E-state index in [9.17, 15) is 8.42 Å². The molecule has 112 valence electrons. The number of benzene rings is 2. The van der Waals surface area contributed by atoms with E-state index >= 15 is 0 Å². The Kier molecular flexibility index (Phi) is 3.97. The van der Waals surface area contributed by atoms with Gasteiger partial charge >= 0.3 is 0 Å². The van der Waals surface area contributed by atoms with Crippen molar-refractivity contribution in [2.75, 3.05) is 6.54 Å². The van der Waals surface area contributed by atoms with Crippen molar-refractivity contribution in [2.24, 2.45) is 11.7 Å². The van der Waals surface area contributed by atoms with E-state index in [4.69, 9.17) is 5.73 Å². The normalized spacial score (nSPS) is 22.7. The molecule has 4 nitrogen and oxygen atoms in total. The van der Waals surface area contributed by atoms with Crippen LogP contribution in [0.3, 0.4) is 0 Å². The van der Waals surface area contributed by atoms with Crippen LogP contribution in [0.25, 0.3) is 10.8 Å². The van der Waals surface area contributed by atoms with Crippen LogP contribution in [0.15, 0.2) is 47.4 Å². The van der Waals surface area contributed by atoms with Crippen LogP contribution in [0.1, 0.15) is 19.3 Å². The van der Waals surface area contributed by atoms with Gasteiger partial charge in [-0.25, -0.2) is 13.1 Å². The molecular weight excluding hydrogens is 284 g/mol. The van der Waals surface area contributed by atoms with Gasteiger partial charge in [0.25, 0.3) is 0 Å². The standard InChI is InChI=1S/C16H20N2O2S/c17-15-9-3-7-13(15)11-18-21(19,20)16-10-4-6-12-5-1-2-8-14(12)16/h1-2,4-6,8,10,13,15,18H,3,7,9,11,17H2. The molecule has 1 saturated carbocycles. The lowest BCUT2D eigenvalue weighted by molar-refractivity contribution is 0.470. The zero-order chi connectivity index (χ0) is 14.9. The molecule has 0 amide bonds. The van der Waals surface area contributed by atoms with Crippen LogP contribution in [0, 0.1) is 5.92 Å². The maximum absolute atomic E-state index is 12.6. The first-order valence-electron chi connectivity index (χ1n) is 7.31. The van der Waals surface area contributed by atoms with Crippen LogP contribution in [0.4, 0.5) is 0 Å². The number of nitrogens with two attached hydrogens (primary N) is 1. The predicted molar refractivity (Wildman–Crippen MR) is 84.5 cm³/mol. The van der Waals surface area contributed by atoms with Gasteiger partial charge in [-0.05, 0) is 30.2 Å². The van der Waals surface area contributed by atoms with E-state index in [-0.39, 0.29) is 12.0 Å². The summed E-state index contributed by atoms with van der Waals surface area (Å²) in [5.41, 5.74) is 6.00. The molecule has 2 aromatic rings. The lowest BCUT2D eigenvalue weighted by Gasteiger charge is -2.16. The molecule has 0 radical (unpaired) electrons. The summed E-state index contributed by atoms with van der Waals surface area (Å²) in [4.78, 5) is 0.340. The highest BCUT2D eigenvalue weighted by Gasteiger charge is 2.26. The average molecular weight is 304 g/mol. The molecule has 2 atom stereocenters. The second-order valence-corrected chi connectivity index (χ2v) is 7.42. The van der Waals surface area contributed by atoms with Crippen molar-refractivity contribution in [3.8, 4) is 0 Å². The van der Waals surface area contributed by atoms with E-state index in [0.29, 0.717) is 11.4 Å². The molecule has 0 saturated heterocycles. The topological polar surface area (TPSA) is 72.2 Å². The fraction of sp³-hybridized carbons (Fsp3) is 0.375. The van der Waals surface area contributed by atoms with E-state index in [0.717, 1.165) is 30.0 Å². The Morgan fingerprint density at radius 2 is 1.86 bits per heavy atom. The molecule has 21 heavy (non-hydrogen) atoms. The molecule has 1 aliphatic rings. The zero-order valence-electron chi connectivity index (χ0n) is 11.8. The average Bonchev–Trinajstić information content (AvgIpc) is 2.90. The summed E-state index contributed by atoms with van der Waals surface area (Å²) in [5.74, 6) is 0.245. The van der Waals surface area contributed by atoms with Crippen molar-refractivity contribution in [3.05, 3.63) is 42.5 Å². The minimum atomic E-state index is -3.50. The molecule has 0 aliphatic heterocycles. The summed E-state index contributed by atoms with van der Waals surface area (Å²) in [6.07, 6.45) is 3.07. The number of rotatable bonds is 4. The van der Waals surface area contributed by atoms with Crippen molar-refractivity contribution in [3.63, 3.8) is 0 Å². The smallest absolute Gasteiger partial charge is 0.241 e. The summed E-state index contributed by atoms with van der Waals surface area (Å²) in [7, 11) is -3.50. The van der Waals surface area contributed by atoms with Crippen LogP contribution < -0.4 is 10.5 Å². The van der Waals surface area contributed by atoms with Crippen LogP contribution in [0.5, 0.6) is 0 Å². The third kappa shape index (κ3) is 2.95. The van der Waals surface area contributed by atoms with Gasteiger partial charge in [0.05, 0.1) is 4.90 Å². The van der Waals surface area contributed by atoms with E-state index in [1.807, 2.05) is 30.3 Å². The Morgan fingerprint density at radius 3 is 2.62 bits per heavy atom. The van der Waals surface area contributed by atoms with Crippen LogP contribution in [-0.4, -0.2) is 21.0 Å². The van der Waals surface area contributed by atoms with Gasteiger partial charge in [-0.3, -0.25) is 0 Å². The van der Waals surface area contributed by atoms with Gasteiger partial charge in [0, 0.05) is 18.0 Å². The maximum atomic E-state index is 12.6. The minimum Gasteiger partial charge on any atom is -0.327 e. The first-order valence-corrected chi connectivity index (χ1v) is 8.79. The number of hydrogen-bond donors (Lipinski definition) is 2. The van der Waals surface area contributed by atoms with Gasteiger partial charge in [0.1, 0.15) is 0 Å². The molecule has 0 bridgehead atoms. The number of fused-ring (bicyclic) bond motifs is 1. The van der Waals surface area contributed by atoms with E-state index < -0.39 is 10.0 Å². The molecule has 1 aliphatic carbocycles. The maximum Gasteiger partial charge on any atom is 0.241 e. The lowest BCUT2D eigenvalue weighted by Crippen LogP contribution is -2.36. The van der Waals surface area contributed by atoms with Crippen molar-refractivity contribution in [1.29, 1.82) is 0 Å². The molecular formula is C16H20N2O2S. The zero-order valence-corrected chi connectivity index (χ0v) is 12.6. The summed E-state index contributed by atoms with van der Waals surface area (Å²) < 4.78 is 27.8. The fourth-order valence-electron chi connectivity index (χ4n) is 3.04. The summed E-state index contributed by atoms with van der Waals surface area (Å²) in [6, 6.07) is 13.0. The Hall–Kier alpha value is -1.43. The van der Waals surface area contributed by atoms with Gasteiger partial charge in [0.15, 0.2) is 0 Å². The second kappa shape index (κ2) is 5.75. The Balaban J connectivity index is 1.86. The number of hydrogen-bond acceptors (Lipinski definition) is 3. The Morgan fingerprint density at radius 1 is 1.10 bits per heavy atom. The van der Waals surface area contributed by atoms with Crippen molar-refractivity contribution >= 4 is 20.8 Å². The number of sulfonamides is 1. The van der Waals surface area contributed by atoms with E-state index in [1.54, 1.807) is 12.1 Å². The predicted octanol–water partition coefficient (Wildman–Crippen LogP) is 2.25. The first-order chi connectivity index (χ1) is 10.1. The molecule has 3 rings (SSSR count). The Labute approximate surface area is 125 Å². The molecule has 2 aromatic carbocycles. The van der Waals surface area contributed by atoms with Gasteiger partial charge < -0.3 is 5.73 Å². The molecule has 2 unspecified atom stereocenters. The summed E-state index contributed by atoms with van der Waals surface area (Å²) >= 11 is 0. The molecule has 3 N–H and O–H groups in total. The molecule has 0 heterocycles. The van der Waals surface area contributed by atoms with Crippen molar-refractivity contribution in [1.82, 2.24) is 4.72 Å². The van der Waals surface area contributed by atoms with E-state index in [1.165, 1.54) is 0 Å². The highest BCUT2D eigenvalue weighted by molar-refractivity contribution is 7.89. The number of nitrogens with one attached hydrogen (secondary N) is 1. The van der Waals surface area contributed by atoms with Gasteiger partial charge in [-0.2, -0.15) is 0 Å². The first kappa shape index (κ1) is 14.5. The molecule has 0 spiro atoms. The highest BCUT2D eigenvalue weighted by Crippen LogP contribution is 2.25. The van der Waals surface area contributed by atoms with Gasteiger partial charge in [0.2, 0.25) is 10.0 Å². The Bertz CT molecular complexity index is 738. The third-order valence-electron chi connectivity index (χ3n) is 4.29. The van der Waals surface area contributed by atoms with Crippen LogP contribution in [0.2, 0.25) is 0 Å². The second-order valence-electron chi connectivity index (χ2n) is 5.68. The quantitative estimate of drug-likeness (QED) is 0.910. The highest BCUT2D eigenvalue weighted by atomic mass is 32.2. The van der Waals surface area contributed by atoms with E-state index in [2.05, 4.69) is 4.72 Å². The summed E-state index contributed by atoms with van der Waals surface area (Å²) in [6.45, 7) is 0.423. The molecule has 5 heteroatoms. The van der Waals surface area contributed by atoms with Crippen molar-refractivity contribution in [2.45, 2.75) is 30.2 Å². The van der Waals surface area contributed by atoms with Crippen LogP contribution in [-0.2, 0) is 10.0 Å². The molecule has 0 aromatic heterocycles. The lowest BCUT2D eigenvalue weighted by atomic mass is 10.1.